The van der Waals surface area contributed by atoms with Gasteiger partial charge < -0.3 is 4.90 Å². The largest absolute Gasteiger partial charge is 0.363 e. The van der Waals surface area contributed by atoms with Gasteiger partial charge in [0.1, 0.15) is 11.5 Å². The van der Waals surface area contributed by atoms with E-state index in [1.165, 1.54) is 24.5 Å². The standard InChI is InChI=1S/C15H16F2N6O4/c16-15(17)21-4-3-18-14(21)10-19-5-7-20(8-6-19)12-2-1-11(22(24)25)9-13(12)23(26)27/h1-4,9,15H,5-8,10H2. The molecule has 0 radical (unpaired) electrons. The average molecular weight is 382 g/mol. The first-order chi connectivity index (χ1) is 12.9. The molecule has 1 aliphatic rings. The van der Waals surface area contributed by atoms with Crippen molar-refractivity contribution < 1.29 is 18.6 Å². The number of nitro groups is 2. The summed E-state index contributed by atoms with van der Waals surface area (Å²) >= 11 is 0. The topological polar surface area (TPSA) is 111 Å². The quantitative estimate of drug-likeness (QED) is 0.557. The molecule has 0 atom stereocenters. The highest BCUT2D eigenvalue weighted by molar-refractivity contribution is 5.67. The Morgan fingerprint density at radius 3 is 2.41 bits per heavy atom. The zero-order valence-electron chi connectivity index (χ0n) is 14.1. The Labute approximate surface area is 151 Å². The minimum atomic E-state index is -2.66. The predicted molar refractivity (Wildman–Crippen MR) is 90.7 cm³/mol. The molecule has 12 heteroatoms. The number of aromatic nitrogens is 2. The number of halogens is 2. The lowest BCUT2D eigenvalue weighted by Crippen LogP contribution is -2.46. The second kappa shape index (κ2) is 7.61. The van der Waals surface area contributed by atoms with Gasteiger partial charge in [-0.05, 0) is 6.07 Å². The van der Waals surface area contributed by atoms with Gasteiger partial charge in [0.05, 0.1) is 22.5 Å². The van der Waals surface area contributed by atoms with Crippen molar-refractivity contribution in [1.29, 1.82) is 0 Å². The van der Waals surface area contributed by atoms with Crippen LogP contribution in [-0.2, 0) is 6.54 Å². The Morgan fingerprint density at radius 2 is 1.81 bits per heavy atom. The second-order valence-corrected chi connectivity index (χ2v) is 5.98. The smallest absolute Gasteiger partial charge is 0.319 e. The van der Waals surface area contributed by atoms with E-state index in [-0.39, 0.29) is 23.7 Å². The van der Waals surface area contributed by atoms with Gasteiger partial charge in [0.15, 0.2) is 0 Å². The number of hydrogen-bond acceptors (Lipinski definition) is 7. The van der Waals surface area contributed by atoms with E-state index in [1.54, 1.807) is 4.90 Å². The zero-order chi connectivity index (χ0) is 19.6. The van der Waals surface area contributed by atoms with Crippen LogP contribution < -0.4 is 4.90 Å². The molecule has 27 heavy (non-hydrogen) atoms. The fourth-order valence-electron chi connectivity index (χ4n) is 3.03. The van der Waals surface area contributed by atoms with E-state index in [1.807, 2.05) is 4.90 Å². The van der Waals surface area contributed by atoms with Crippen LogP contribution in [0.2, 0.25) is 0 Å². The van der Waals surface area contributed by atoms with Gasteiger partial charge in [-0.3, -0.25) is 29.7 Å². The number of nitro benzene ring substituents is 2. The minimum absolute atomic E-state index is 0.244. The first-order valence-corrected chi connectivity index (χ1v) is 8.07. The van der Waals surface area contributed by atoms with Gasteiger partial charge >= 0.3 is 6.55 Å². The number of alkyl halides is 2. The zero-order valence-corrected chi connectivity index (χ0v) is 14.1. The molecule has 1 aromatic heterocycles. The summed E-state index contributed by atoms with van der Waals surface area (Å²) in [6.45, 7) is -0.587. The number of non-ortho nitro benzene ring substituents is 1. The molecule has 0 spiro atoms. The van der Waals surface area contributed by atoms with Gasteiger partial charge in [0.25, 0.3) is 11.4 Å². The molecule has 10 nitrogen and oxygen atoms in total. The van der Waals surface area contributed by atoms with Crippen molar-refractivity contribution in [2.75, 3.05) is 31.1 Å². The van der Waals surface area contributed by atoms with Crippen LogP contribution in [0.5, 0.6) is 0 Å². The molecule has 1 fully saturated rings. The number of piperazine rings is 1. The van der Waals surface area contributed by atoms with Crippen molar-refractivity contribution >= 4 is 17.1 Å². The highest BCUT2D eigenvalue weighted by Crippen LogP contribution is 2.32. The molecule has 1 aliphatic heterocycles. The number of imidazole rings is 1. The highest BCUT2D eigenvalue weighted by atomic mass is 19.3. The number of rotatable bonds is 6. The Balaban J connectivity index is 1.69. The predicted octanol–water partition coefficient (Wildman–Crippen LogP) is 2.42. The van der Waals surface area contributed by atoms with Gasteiger partial charge in [0.2, 0.25) is 0 Å². The summed E-state index contributed by atoms with van der Waals surface area (Å²) in [4.78, 5) is 28.4. The highest BCUT2D eigenvalue weighted by Gasteiger charge is 2.27. The lowest BCUT2D eigenvalue weighted by atomic mass is 10.2. The molecule has 0 bridgehead atoms. The van der Waals surface area contributed by atoms with Crippen LogP contribution >= 0.6 is 0 Å². The Bertz CT molecular complexity index is 851. The van der Waals surface area contributed by atoms with E-state index < -0.39 is 16.4 Å². The van der Waals surface area contributed by atoms with Gasteiger partial charge in [-0.2, -0.15) is 8.78 Å². The summed E-state index contributed by atoms with van der Waals surface area (Å²) in [5.41, 5.74) is -0.367. The molecule has 2 aromatic rings. The maximum Gasteiger partial charge on any atom is 0.319 e. The minimum Gasteiger partial charge on any atom is -0.363 e. The van der Waals surface area contributed by atoms with Crippen molar-refractivity contribution in [3.05, 3.63) is 56.6 Å². The van der Waals surface area contributed by atoms with Crippen molar-refractivity contribution in [3.8, 4) is 0 Å². The van der Waals surface area contributed by atoms with Crippen molar-refractivity contribution in [1.82, 2.24) is 14.5 Å². The molecule has 144 valence electrons. The lowest BCUT2D eigenvalue weighted by Gasteiger charge is -2.35. The van der Waals surface area contributed by atoms with E-state index in [2.05, 4.69) is 4.98 Å². The third-order valence-corrected chi connectivity index (χ3v) is 4.40. The molecule has 0 unspecified atom stereocenters. The van der Waals surface area contributed by atoms with Gasteiger partial charge in [0, 0.05) is 44.6 Å². The maximum atomic E-state index is 12.9. The third kappa shape index (κ3) is 4.00. The Kier molecular flexibility index (Phi) is 5.26. The summed E-state index contributed by atoms with van der Waals surface area (Å²) in [5, 5.41) is 22.1. The third-order valence-electron chi connectivity index (χ3n) is 4.40. The molecule has 0 saturated carbocycles. The van der Waals surface area contributed by atoms with Crippen molar-refractivity contribution in [2.24, 2.45) is 0 Å². The Hall–Kier alpha value is -3.15. The molecule has 3 rings (SSSR count). The number of benzene rings is 1. The number of nitrogens with zero attached hydrogens (tertiary/aromatic N) is 6. The maximum absolute atomic E-state index is 12.9. The van der Waals surface area contributed by atoms with Crippen molar-refractivity contribution in [2.45, 2.75) is 13.1 Å². The summed E-state index contributed by atoms with van der Waals surface area (Å²) < 4.78 is 26.6. The van der Waals surface area contributed by atoms with E-state index in [0.29, 0.717) is 31.9 Å². The van der Waals surface area contributed by atoms with Crippen LogP contribution in [0.4, 0.5) is 25.8 Å². The van der Waals surface area contributed by atoms with Crippen LogP contribution in [0.1, 0.15) is 12.4 Å². The summed E-state index contributed by atoms with van der Waals surface area (Å²) in [6.07, 6.45) is 2.54. The van der Waals surface area contributed by atoms with E-state index in [0.717, 1.165) is 10.6 Å². The van der Waals surface area contributed by atoms with E-state index >= 15 is 0 Å². The summed E-state index contributed by atoms with van der Waals surface area (Å²) in [7, 11) is 0. The van der Waals surface area contributed by atoms with E-state index in [9.17, 15) is 29.0 Å². The average Bonchev–Trinajstić information content (AvgIpc) is 3.10. The van der Waals surface area contributed by atoms with Gasteiger partial charge in [-0.1, -0.05) is 0 Å². The van der Waals surface area contributed by atoms with Crippen LogP contribution in [0.3, 0.4) is 0 Å². The SMILES string of the molecule is O=[N+]([O-])c1ccc(N2CCN(Cc3nccn3C(F)F)CC2)c([N+](=O)[O-])c1. The molecule has 2 heterocycles. The molecule has 0 aliphatic carbocycles. The first-order valence-electron chi connectivity index (χ1n) is 8.07. The van der Waals surface area contributed by atoms with Crippen LogP contribution in [0.15, 0.2) is 30.6 Å². The molecule has 0 N–H and O–H groups in total. The Morgan fingerprint density at radius 1 is 1.11 bits per heavy atom. The number of hydrogen-bond donors (Lipinski definition) is 0. The second-order valence-electron chi connectivity index (χ2n) is 5.98. The molecular formula is C15H16F2N6O4. The normalized spacial score (nSPS) is 15.3. The summed E-state index contributed by atoms with van der Waals surface area (Å²) in [6, 6.07) is 3.55. The number of anilines is 1. The fourth-order valence-corrected chi connectivity index (χ4v) is 3.03. The lowest BCUT2D eigenvalue weighted by molar-refractivity contribution is -0.393. The van der Waals surface area contributed by atoms with Gasteiger partial charge in [-0.15, -0.1) is 0 Å². The van der Waals surface area contributed by atoms with Crippen LogP contribution in [0.25, 0.3) is 0 Å². The molecule has 1 aromatic carbocycles. The fraction of sp³-hybridized carbons (Fsp3) is 0.400. The van der Waals surface area contributed by atoms with Gasteiger partial charge in [-0.25, -0.2) is 4.98 Å². The van der Waals surface area contributed by atoms with Crippen LogP contribution in [0, 0.1) is 20.2 Å². The van der Waals surface area contributed by atoms with Crippen molar-refractivity contribution in [3.63, 3.8) is 0 Å². The summed E-state index contributed by atoms with van der Waals surface area (Å²) in [5.74, 6) is 0.250. The molecule has 1 saturated heterocycles. The monoisotopic (exact) mass is 382 g/mol. The van der Waals surface area contributed by atoms with Crippen LogP contribution in [-0.4, -0.2) is 50.5 Å². The first kappa shape index (κ1) is 18.6. The molecule has 0 amide bonds. The van der Waals surface area contributed by atoms with E-state index in [4.69, 9.17) is 0 Å². The molecular weight excluding hydrogens is 366 g/mol.